The van der Waals surface area contributed by atoms with Gasteiger partial charge in [0.2, 0.25) is 0 Å². The maximum absolute atomic E-state index is 9.24. The average molecular weight is 246 g/mol. The quantitative estimate of drug-likeness (QED) is 0.737. The number of hydrogen-bond acceptors (Lipinski definition) is 3. The number of nitrogens with two attached hydrogens (primary N) is 1. The summed E-state index contributed by atoms with van der Waals surface area (Å²) < 4.78 is 0.782. The first-order valence-electron chi connectivity index (χ1n) is 3.86. The first-order chi connectivity index (χ1) is 5.97. The molecule has 3 nitrogen and oxygen atoms in total. The lowest BCUT2D eigenvalue weighted by Crippen LogP contribution is -2.37. The molecule has 13 heavy (non-hydrogen) atoms. The predicted molar refractivity (Wildman–Crippen MR) is 54.4 cm³/mol. The summed E-state index contributed by atoms with van der Waals surface area (Å²) in [6.07, 6.45) is 0. The van der Waals surface area contributed by atoms with E-state index in [0.717, 1.165) is 4.47 Å². The molecule has 0 spiro atoms. The van der Waals surface area contributed by atoms with E-state index >= 15 is 0 Å². The zero-order valence-corrected chi connectivity index (χ0v) is 8.87. The van der Waals surface area contributed by atoms with Crippen LogP contribution in [0.25, 0.3) is 0 Å². The van der Waals surface area contributed by atoms with Crippen LogP contribution in [-0.2, 0) is 5.54 Å². The Morgan fingerprint density at radius 1 is 1.54 bits per heavy atom. The Morgan fingerprint density at radius 2 is 2.15 bits per heavy atom. The molecule has 0 unspecified atom stereocenters. The highest BCUT2D eigenvalue weighted by molar-refractivity contribution is 9.10. The number of rotatable bonds is 2. The number of aromatic hydroxyl groups is 1. The van der Waals surface area contributed by atoms with Crippen LogP contribution in [0.2, 0.25) is 0 Å². The van der Waals surface area contributed by atoms with Gasteiger partial charge in [-0.3, -0.25) is 0 Å². The Bertz CT molecular complexity index is 312. The number of phenols is 1. The maximum atomic E-state index is 9.24. The topological polar surface area (TPSA) is 66.5 Å². The lowest BCUT2D eigenvalue weighted by Gasteiger charge is -2.23. The van der Waals surface area contributed by atoms with Crippen molar-refractivity contribution in [2.75, 3.05) is 6.61 Å². The number of aliphatic hydroxyl groups excluding tert-OH is 1. The lowest BCUT2D eigenvalue weighted by atomic mass is 9.94. The molecule has 72 valence electrons. The van der Waals surface area contributed by atoms with Crippen molar-refractivity contribution in [2.24, 2.45) is 5.73 Å². The zero-order valence-electron chi connectivity index (χ0n) is 7.29. The van der Waals surface area contributed by atoms with Gasteiger partial charge in [-0.2, -0.15) is 0 Å². The van der Waals surface area contributed by atoms with Crippen molar-refractivity contribution in [1.29, 1.82) is 0 Å². The fourth-order valence-electron chi connectivity index (χ4n) is 1.04. The highest BCUT2D eigenvalue weighted by Crippen LogP contribution is 2.29. The molecule has 0 aliphatic carbocycles. The largest absolute Gasteiger partial charge is 0.508 e. The molecule has 1 aromatic carbocycles. The third-order valence-corrected chi connectivity index (χ3v) is 2.59. The summed E-state index contributed by atoms with van der Waals surface area (Å²) in [5.41, 5.74) is 5.67. The van der Waals surface area contributed by atoms with E-state index < -0.39 is 5.54 Å². The minimum absolute atomic E-state index is 0.142. The number of hydrogen-bond donors (Lipinski definition) is 3. The predicted octanol–water partition coefficient (Wildman–Crippen LogP) is 1.32. The molecule has 4 heteroatoms. The van der Waals surface area contributed by atoms with E-state index in [4.69, 9.17) is 10.8 Å². The highest BCUT2D eigenvalue weighted by atomic mass is 79.9. The first-order valence-corrected chi connectivity index (χ1v) is 4.65. The number of halogens is 1. The minimum Gasteiger partial charge on any atom is -0.508 e. The molecule has 4 N–H and O–H groups in total. The normalized spacial score (nSPS) is 15.4. The molecule has 0 radical (unpaired) electrons. The van der Waals surface area contributed by atoms with E-state index in [1.165, 1.54) is 0 Å². The van der Waals surface area contributed by atoms with Crippen LogP contribution in [0.5, 0.6) is 5.75 Å². The highest BCUT2D eigenvalue weighted by Gasteiger charge is 2.22. The average Bonchev–Trinajstić information content (AvgIpc) is 2.09. The van der Waals surface area contributed by atoms with Crippen LogP contribution in [0.1, 0.15) is 12.5 Å². The summed E-state index contributed by atoms with van der Waals surface area (Å²) in [7, 11) is 0. The van der Waals surface area contributed by atoms with Crippen LogP contribution >= 0.6 is 15.9 Å². The van der Waals surface area contributed by atoms with Gasteiger partial charge in [-0.15, -0.1) is 0 Å². The zero-order chi connectivity index (χ0) is 10.1. The van der Waals surface area contributed by atoms with Gasteiger partial charge >= 0.3 is 0 Å². The van der Waals surface area contributed by atoms with Crippen LogP contribution < -0.4 is 5.73 Å². The number of aliphatic hydroxyl groups is 1. The van der Waals surface area contributed by atoms with Crippen molar-refractivity contribution in [3.05, 3.63) is 28.2 Å². The van der Waals surface area contributed by atoms with Crippen molar-refractivity contribution in [2.45, 2.75) is 12.5 Å². The third kappa shape index (κ3) is 2.21. The Labute approximate surface area is 85.3 Å². The molecule has 0 amide bonds. The molecule has 0 aliphatic heterocycles. The molecular weight excluding hydrogens is 234 g/mol. The van der Waals surface area contributed by atoms with Crippen LogP contribution in [0.3, 0.4) is 0 Å². The van der Waals surface area contributed by atoms with Gasteiger partial charge in [0.25, 0.3) is 0 Å². The van der Waals surface area contributed by atoms with Crippen molar-refractivity contribution >= 4 is 15.9 Å². The molecular formula is C9H12BrNO2. The van der Waals surface area contributed by atoms with Crippen LogP contribution in [0.4, 0.5) is 0 Å². The van der Waals surface area contributed by atoms with Crippen molar-refractivity contribution in [3.8, 4) is 5.75 Å². The Balaban J connectivity index is 3.20. The molecule has 1 aromatic rings. The van der Waals surface area contributed by atoms with E-state index in [9.17, 15) is 5.11 Å². The summed E-state index contributed by atoms with van der Waals surface area (Å²) >= 11 is 3.30. The van der Waals surface area contributed by atoms with Crippen LogP contribution in [-0.4, -0.2) is 16.8 Å². The minimum atomic E-state index is -0.836. The lowest BCUT2D eigenvalue weighted by molar-refractivity contribution is 0.209. The number of phenolic OH excluding ortho intramolecular Hbond substituents is 1. The molecule has 0 saturated carbocycles. The van der Waals surface area contributed by atoms with Gasteiger partial charge in [-0.25, -0.2) is 0 Å². The summed E-state index contributed by atoms with van der Waals surface area (Å²) in [6, 6.07) is 4.80. The SMILES string of the molecule is C[C@@](N)(CO)c1cc(O)ccc1Br. The molecule has 0 aromatic heterocycles. The molecule has 0 aliphatic rings. The van der Waals surface area contributed by atoms with Gasteiger partial charge in [0.1, 0.15) is 5.75 Å². The molecule has 0 bridgehead atoms. The van der Waals surface area contributed by atoms with Gasteiger partial charge in [-0.05, 0) is 30.7 Å². The van der Waals surface area contributed by atoms with Crippen LogP contribution in [0, 0.1) is 0 Å². The number of benzene rings is 1. The molecule has 0 saturated heterocycles. The summed E-state index contributed by atoms with van der Waals surface area (Å²) in [5, 5.41) is 18.3. The Kier molecular flexibility index (Phi) is 2.95. The maximum Gasteiger partial charge on any atom is 0.116 e. The van der Waals surface area contributed by atoms with E-state index in [1.54, 1.807) is 25.1 Å². The molecule has 0 fully saturated rings. The first kappa shape index (κ1) is 10.5. The molecule has 1 rings (SSSR count). The molecule has 0 heterocycles. The second-order valence-corrected chi connectivity index (χ2v) is 4.09. The van der Waals surface area contributed by atoms with Gasteiger partial charge in [0.05, 0.1) is 12.1 Å². The smallest absolute Gasteiger partial charge is 0.116 e. The van der Waals surface area contributed by atoms with Gasteiger partial charge < -0.3 is 15.9 Å². The summed E-state index contributed by atoms with van der Waals surface area (Å²) in [4.78, 5) is 0. The van der Waals surface area contributed by atoms with Gasteiger partial charge in [0.15, 0.2) is 0 Å². The summed E-state index contributed by atoms with van der Waals surface area (Å²) in [5.74, 6) is 0.142. The second-order valence-electron chi connectivity index (χ2n) is 3.24. The monoisotopic (exact) mass is 245 g/mol. The second kappa shape index (κ2) is 3.65. The van der Waals surface area contributed by atoms with Crippen LogP contribution in [0.15, 0.2) is 22.7 Å². The van der Waals surface area contributed by atoms with E-state index in [2.05, 4.69) is 15.9 Å². The fourth-order valence-corrected chi connectivity index (χ4v) is 1.74. The van der Waals surface area contributed by atoms with Crippen molar-refractivity contribution in [1.82, 2.24) is 0 Å². The van der Waals surface area contributed by atoms with E-state index in [0.29, 0.717) is 5.56 Å². The van der Waals surface area contributed by atoms with Gasteiger partial charge in [0, 0.05) is 4.47 Å². The van der Waals surface area contributed by atoms with Crippen molar-refractivity contribution in [3.63, 3.8) is 0 Å². The van der Waals surface area contributed by atoms with Gasteiger partial charge in [-0.1, -0.05) is 15.9 Å². The fraction of sp³-hybridized carbons (Fsp3) is 0.333. The Hall–Kier alpha value is -0.580. The Morgan fingerprint density at radius 3 is 2.69 bits per heavy atom. The van der Waals surface area contributed by atoms with E-state index in [1.807, 2.05) is 0 Å². The summed E-state index contributed by atoms with van der Waals surface area (Å²) in [6.45, 7) is 1.53. The van der Waals surface area contributed by atoms with Crippen molar-refractivity contribution < 1.29 is 10.2 Å². The molecule has 1 atom stereocenters. The van der Waals surface area contributed by atoms with E-state index in [-0.39, 0.29) is 12.4 Å². The standard InChI is InChI=1S/C9H12BrNO2/c1-9(11,5-12)7-4-6(13)2-3-8(7)10/h2-4,12-13H,5,11H2,1H3/t9-/m1/s1. The third-order valence-electron chi connectivity index (χ3n) is 1.89.